The van der Waals surface area contributed by atoms with E-state index in [0.29, 0.717) is 0 Å². The number of amides is 2. The molecule has 0 aromatic heterocycles. The molecule has 1 aromatic rings. The van der Waals surface area contributed by atoms with Crippen LogP contribution in [0, 0.1) is 0 Å². The minimum absolute atomic E-state index is 0. The number of nitrogens with zero attached hydrogens (tertiary/aromatic N) is 1. The molecule has 1 aliphatic rings. The summed E-state index contributed by atoms with van der Waals surface area (Å²) in [5.41, 5.74) is 6.27. The molecule has 1 aromatic carbocycles. The lowest BCUT2D eigenvalue weighted by atomic mass is 10.0. The van der Waals surface area contributed by atoms with Crippen molar-refractivity contribution in [2.45, 2.75) is 18.9 Å². The number of nitrogens with one attached hydrogen (secondary N) is 2. The number of ether oxygens (including phenoxy) is 1. The Bertz CT molecular complexity index is 560. The molecule has 0 aliphatic carbocycles. The molecule has 2 amide bonds. The number of rotatable bonds is 6. The van der Waals surface area contributed by atoms with Crippen LogP contribution in [0.3, 0.4) is 0 Å². The van der Waals surface area contributed by atoms with E-state index < -0.39 is 0 Å². The molecule has 0 spiro atoms. The monoisotopic (exact) mass is 392 g/mol. The number of hydrogen-bond donors (Lipinski definition) is 3. The van der Waals surface area contributed by atoms with Crippen molar-refractivity contribution in [1.29, 1.82) is 0 Å². The van der Waals surface area contributed by atoms with Gasteiger partial charge in [-0.05, 0) is 25.0 Å². The van der Waals surface area contributed by atoms with Gasteiger partial charge in [0.25, 0.3) is 0 Å². The molecule has 1 atom stereocenters. The Hall–Kier alpha value is -1.70. The van der Waals surface area contributed by atoms with Crippen molar-refractivity contribution >= 4 is 42.3 Å². The van der Waals surface area contributed by atoms with Crippen LogP contribution in [0.4, 0.5) is 5.69 Å². The Morgan fingerprint density at radius 1 is 1.32 bits per heavy atom. The van der Waals surface area contributed by atoms with Crippen molar-refractivity contribution in [2.24, 2.45) is 5.73 Å². The van der Waals surface area contributed by atoms with E-state index in [1.807, 2.05) is 24.3 Å². The first-order valence-corrected chi connectivity index (χ1v) is 7.77. The summed E-state index contributed by atoms with van der Waals surface area (Å²) in [6.07, 6.45) is 1.92. The second kappa shape index (κ2) is 11.8. The zero-order valence-corrected chi connectivity index (χ0v) is 15.8. The van der Waals surface area contributed by atoms with E-state index in [1.54, 1.807) is 7.11 Å². The molecular weight excluding hydrogens is 367 g/mol. The lowest BCUT2D eigenvalue weighted by Crippen LogP contribution is -2.50. The Labute approximate surface area is 160 Å². The van der Waals surface area contributed by atoms with Crippen LogP contribution in [0.25, 0.3) is 0 Å². The normalized spacial score (nSPS) is 16.1. The molecule has 25 heavy (non-hydrogen) atoms. The highest BCUT2D eigenvalue weighted by molar-refractivity contribution is 5.86. The number of carbonyl (C=O) groups excluding carboxylic acids is 2. The van der Waals surface area contributed by atoms with Gasteiger partial charge in [-0.1, -0.05) is 6.07 Å². The third-order valence-corrected chi connectivity index (χ3v) is 3.84. The van der Waals surface area contributed by atoms with Gasteiger partial charge in [0.2, 0.25) is 11.8 Å². The van der Waals surface area contributed by atoms with E-state index in [1.165, 1.54) is 0 Å². The molecule has 1 fully saturated rings. The number of nitrogens with two attached hydrogens (primary N) is 1. The van der Waals surface area contributed by atoms with Gasteiger partial charge in [0.05, 0.1) is 20.2 Å². The molecule has 1 aliphatic heterocycles. The number of benzene rings is 1. The summed E-state index contributed by atoms with van der Waals surface area (Å²) in [7, 11) is 1.65. The van der Waals surface area contributed by atoms with E-state index >= 15 is 0 Å². The van der Waals surface area contributed by atoms with Crippen molar-refractivity contribution in [3.63, 3.8) is 0 Å². The van der Waals surface area contributed by atoms with Crippen LogP contribution in [0.5, 0.6) is 5.75 Å². The van der Waals surface area contributed by atoms with E-state index in [2.05, 4.69) is 15.5 Å². The van der Waals surface area contributed by atoms with Gasteiger partial charge in [-0.25, -0.2) is 0 Å². The number of methoxy groups -OCH3 is 1. The molecule has 2 rings (SSSR count). The molecule has 1 heterocycles. The number of anilines is 1. The highest BCUT2D eigenvalue weighted by Gasteiger charge is 2.22. The van der Waals surface area contributed by atoms with Gasteiger partial charge in [-0.15, -0.1) is 24.8 Å². The first-order valence-electron chi connectivity index (χ1n) is 7.77. The first kappa shape index (κ1) is 23.3. The Balaban J connectivity index is 0.00000288. The van der Waals surface area contributed by atoms with Gasteiger partial charge in [0.1, 0.15) is 5.75 Å². The van der Waals surface area contributed by atoms with Crippen LogP contribution in [-0.4, -0.2) is 51.1 Å². The van der Waals surface area contributed by atoms with Crippen molar-refractivity contribution in [3.05, 3.63) is 24.3 Å². The average Bonchev–Trinajstić information content (AvgIpc) is 2.60. The molecule has 1 saturated heterocycles. The predicted molar refractivity (Wildman–Crippen MR) is 103 cm³/mol. The molecule has 7 nitrogen and oxygen atoms in total. The maximum absolute atomic E-state index is 11.9. The summed E-state index contributed by atoms with van der Waals surface area (Å²) in [6, 6.07) is 7.96. The van der Waals surface area contributed by atoms with Crippen LogP contribution >= 0.6 is 24.8 Å². The maximum Gasteiger partial charge on any atom is 0.239 e. The van der Waals surface area contributed by atoms with Crippen LogP contribution in [0.2, 0.25) is 0 Å². The average molecular weight is 393 g/mol. The molecule has 0 radical (unpaired) electrons. The lowest BCUT2D eigenvalue weighted by Gasteiger charge is -2.35. The van der Waals surface area contributed by atoms with E-state index in [0.717, 1.165) is 37.4 Å². The maximum atomic E-state index is 11.9. The second-order valence-corrected chi connectivity index (χ2v) is 5.54. The molecule has 4 N–H and O–H groups in total. The molecule has 0 saturated carbocycles. The standard InChI is InChI=1S/C16H24N4O3.2ClH/c1-23-14-6-2-5-13(8-14)20-7-3-4-12(11-20)19-16(22)10-18-15(21)9-17;;/h2,5-6,8,12H,3-4,7,9-11,17H2,1H3,(H,18,21)(H,19,22);2*1H. The predicted octanol–water partition coefficient (Wildman–Crippen LogP) is 0.699. The van der Waals surface area contributed by atoms with Gasteiger partial charge >= 0.3 is 0 Å². The largest absolute Gasteiger partial charge is 0.497 e. The van der Waals surface area contributed by atoms with E-state index in [4.69, 9.17) is 10.5 Å². The van der Waals surface area contributed by atoms with E-state index in [9.17, 15) is 9.59 Å². The van der Waals surface area contributed by atoms with Gasteiger partial charge in [-0.3, -0.25) is 9.59 Å². The zero-order valence-electron chi connectivity index (χ0n) is 14.2. The summed E-state index contributed by atoms with van der Waals surface area (Å²) in [6.45, 7) is 1.54. The quantitative estimate of drug-likeness (QED) is 0.661. The fourth-order valence-electron chi connectivity index (χ4n) is 2.67. The van der Waals surface area contributed by atoms with Crippen molar-refractivity contribution in [2.75, 3.05) is 38.2 Å². The van der Waals surface area contributed by atoms with Crippen molar-refractivity contribution < 1.29 is 14.3 Å². The first-order chi connectivity index (χ1) is 11.1. The van der Waals surface area contributed by atoms with Gasteiger partial charge in [0, 0.05) is 30.9 Å². The topological polar surface area (TPSA) is 96.7 Å². The Kier molecular flexibility index (Phi) is 11.0. The minimum atomic E-state index is -0.332. The third-order valence-electron chi connectivity index (χ3n) is 3.84. The highest BCUT2D eigenvalue weighted by atomic mass is 35.5. The molecule has 9 heteroatoms. The summed E-state index contributed by atoms with van der Waals surface area (Å²) < 4.78 is 5.26. The lowest BCUT2D eigenvalue weighted by molar-refractivity contribution is -0.125. The molecular formula is C16H26Cl2N4O3. The van der Waals surface area contributed by atoms with Crippen molar-refractivity contribution in [3.8, 4) is 5.75 Å². The number of carbonyl (C=O) groups is 2. The zero-order chi connectivity index (χ0) is 16.7. The van der Waals surface area contributed by atoms with E-state index in [-0.39, 0.29) is 55.8 Å². The molecule has 0 bridgehead atoms. The molecule has 1 unspecified atom stereocenters. The van der Waals surface area contributed by atoms with Crippen LogP contribution in [0.15, 0.2) is 24.3 Å². The third kappa shape index (κ3) is 7.37. The fraction of sp³-hybridized carbons (Fsp3) is 0.500. The second-order valence-electron chi connectivity index (χ2n) is 5.54. The summed E-state index contributed by atoms with van der Waals surface area (Å²) in [5.74, 6) is 0.296. The fourth-order valence-corrected chi connectivity index (χ4v) is 2.67. The number of halogens is 2. The van der Waals surface area contributed by atoms with Crippen LogP contribution in [-0.2, 0) is 9.59 Å². The Morgan fingerprint density at radius 2 is 2.08 bits per heavy atom. The van der Waals surface area contributed by atoms with Gasteiger partial charge in [0.15, 0.2) is 0 Å². The Morgan fingerprint density at radius 3 is 2.76 bits per heavy atom. The summed E-state index contributed by atoms with van der Waals surface area (Å²) >= 11 is 0. The van der Waals surface area contributed by atoms with Crippen molar-refractivity contribution in [1.82, 2.24) is 10.6 Å². The summed E-state index contributed by atoms with van der Waals surface area (Å²) in [5, 5.41) is 5.43. The SMILES string of the molecule is COc1cccc(N2CCCC(NC(=O)CNC(=O)CN)C2)c1.Cl.Cl. The minimum Gasteiger partial charge on any atom is -0.497 e. The van der Waals surface area contributed by atoms with Crippen LogP contribution in [0.1, 0.15) is 12.8 Å². The highest BCUT2D eigenvalue weighted by Crippen LogP contribution is 2.24. The smallest absolute Gasteiger partial charge is 0.239 e. The van der Waals surface area contributed by atoms with Crippen LogP contribution < -0.4 is 26.0 Å². The van der Waals surface area contributed by atoms with Gasteiger partial charge < -0.3 is 26.0 Å². The number of piperidine rings is 1. The van der Waals surface area contributed by atoms with Gasteiger partial charge in [-0.2, -0.15) is 0 Å². The number of hydrogen-bond acceptors (Lipinski definition) is 5. The molecule has 142 valence electrons. The summed E-state index contributed by atoms with van der Waals surface area (Å²) in [4.78, 5) is 25.2.